The van der Waals surface area contributed by atoms with Gasteiger partial charge in [0, 0.05) is 25.8 Å². The minimum Gasteiger partial charge on any atom is -0.495 e. The van der Waals surface area contributed by atoms with Crippen LogP contribution < -0.4 is 20.7 Å². The average molecular weight is 583 g/mol. The summed E-state index contributed by atoms with van der Waals surface area (Å²) >= 11 is 0. The number of nitrogens with one attached hydrogen (secondary N) is 4. The predicted molar refractivity (Wildman–Crippen MR) is 162 cm³/mol. The molecule has 1 aliphatic rings. The monoisotopic (exact) mass is 582 g/mol. The van der Waals surface area contributed by atoms with Gasteiger partial charge in [-0.25, -0.2) is 14.6 Å². The van der Waals surface area contributed by atoms with Gasteiger partial charge in [-0.15, -0.1) is 0 Å². The van der Waals surface area contributed by atoms with Crippen molar-refractivity contribution in [2.24, 2.45) is 0 Å². The fourth-order valence-corrected chi connectivity index (χ4v) is 4.16. The van der Waals surface area contributed by atoms with Gasteiger partial charge in [0.05, 0.1) is 26.5 Å². The first-order chi connectivity index (χ1) is 19.9. The van der Waals surface area contributed by atoms with Crippen molar-refractivity contribution in [3.63, 3.8) is 0 Å². The smallest absolute Gasteiger partial charge is 0.413 e. The Bertz CT molecular complexity index is 1320. The third kappa shape index (κ3) is 8.79. The van der Waals surface area contributed by atoms with E-state index in [9.17, 15) is 9.59 Å². The summed E-state index contributed by atoms with van der Waals surface area (Å²) in [6, 6.07) is 1.93. The molecule has 13 heteroatoms. The van der Waals surface area contributed by atoms with Crippen LogP contribution in [0.3, 0.4) is 0 Å². The topological polar surface area (TPSA) is 164 Å². The number of pyridine rings is 1. The number of aromatic nitrogens is 3. The van der Waals surface area contributed by atoms with Crippen LogP contribution in [0.15, 0.2) is 18.3 Å². The van der Waals surface area contributed by atoms with Crippen LogP contribution in [0.1, 0.15) is 70.8 Å². The van der Waals surface area contributed by atoms with Gasteiger partial charge in [0.2, 0.25) is 5.95 Å². The fraction of sp³-hybridized carbons (Fsp3) is 0.517. The van der Waals surface area contributed by atoms with E-state index in [0.29, 0.717) is 54.7 Å². The second kappa shape index (κ2) is 14.5. The van der Waals surface area contributed by atoms with Gasteiger partial charge in [0.25, 0.3) is 0 Å². The zero-order chi connectivity index (χ0) is 30.9. The molecule has 0 saturated carbocycles. The molecule has 2 aromatic rings. The number of hydrogen-bond acceptors (Lipinski definition) is 11. The van der Waals surface area contributed by atoms with E-state index in [-0.39, 0.29) is 24.3 Å². The molecule has 0 spiro atoms. The van der Waals surface area contributed by atoms with E-state index in [2.05, 4.69) is 42.6 Å². The number of hydrogen-bond donors (Lipinski definition) is 4. The molecule has 0 unspecified atom stereocenters. The quantitative estimate of drug-likeness (QED) is 0.202. The van der Waals surface area contributed by atoms with Crippen molar-refractivity contribution in [1.29, 1.82) is 5.41 Å². The molecule has 2 aromatic heterocycles. The summed E-state index contributed by atoms with van der Waals surface area (Å²) < 4.78 is 15.8. The molecule has 0 fully saturated rings. The number of carbonyl (C=O) groups excluding carboxylic acids is 2. The standard InChI is InChI=1S/C29H42N8O5/c1-8-9-12-31-25-24(23(18(2)30)34-26(35-25)36-27(38)41-7)33-17-21-22(40-6)15-20(16-32-21)19-10-13-37(14-11-19)28(39)42-29(3,4)5/h10,15-16,30,33H,8-9,11-14,17H2,1-7H3,(H2,31,34,35,36,38). The molecule has 1 aliphatic heterocycles. The van der Waals surface area contributed by atoms with Crippen LogP contribution in [0.25, 0.3) is 5.57 Å². The number of rotatable bonds is 11. The van der Waals surface area contributed by atoms with E-state index < -0.39 is 11.7 Å². The molecule has 2 amide bonds. The molecule has 3 heterocycles. The summed E-state index contributed by atoms with van der Waals surface area (Å²) in [6.45, 7) is 11.2. The lowest BCUT2D eigenvalue weighted by Gasteiger charge is -2.29. The number of amides is 2. The molecular formula is C29H42N8O5. The van der Waals surface area contributed by atoms with Crippen molar-refractivity contribution in [3.05, 3.63) is 35.3 Å². The number of methoxy groups -OCH3 is 2. The van der Waals surface area contributed by atoms with Crippen molar-refractivity contribution < 1.29 is 23.8 Å². The Hall–Kier alpha value is -4.42. The third-order valence-electron chi connectivity index (χ3n) is 6.30. The predicted octanol–water partition coefficient (Wildman–Crippen LogP) is 5.29. The highest BCUT2D eigenvalue weighted by Gasteiger charge is 2.24. The second-order valence-corrected chi connectivity index (χ2v) is 10.8. The van der Waals surface area contributed by atoms with Gasteiger partial charge in [-0.05, 0) is 57.7 Å². The average Bonchev–Trinajstić information content (AvgIpc) is 2.95. The first-order valence-corrected chi connectivity index (χ1v) is 14.0. The van der Waals surface area contributed by atoms with Crippen molar-refractivity contribution in [1.82, 2.24) is 19.9 Å². The van der Waals surface area contributed by atoms with E-state index in [1.807, 2.05) is 32.9 Å². The minimum absolute atomic E-state index is 0.0269. The van der Waals surface area contributed by atoms with Crippen molar-refractivity contribution in [2.45, 2.75) is 66.0 Å². The van der Waals surface area contributed by atoms with Gasteiger partial charge in [0.1, 0.15) is 28.4 Å². The first-order valence-electron chi connectivity index (χ1n) is 14.0. The normalized spacial score (nSPS) is 13.1. The summed E-state index contributed by atoms with van der Waals surface area (Å²) in [7, 11) is 2.84. The van der Waals surface area contributed by atoms with Crippen molar-refractivity contribution in [3.8, 4) is 5.75 Å². The number of ether oxygens (including phenoxy) is 3. The Labute approximate surface area is 247 Å². The molecule has 0 saturated heterocycles. The van der Waals surface area contributed by atoms with Gasteiger partial charge in [-0.2, -0.15) is 4.98 Å². The van der Waals surface area contributed by atoms with Crippen LogP contribution in [0, 0.1) is 5.41 Å². The molecule has 4 N–H and O–H groups in total. The number of anilines is 3. The number of nitrogens with zero attached hydrogens (tertiary/aromatic N) is 4. The molecular weight excluding hydrogens is 540 g/mol. The van der Waals surface area contributed by atoms with E-state index >= 15 is 0 Å². The van der Waals surface area contributed by atoms with Gasteiger partial charge < -0.3 is 35.2 Å². The number of unbranched alkanes of at least 4 members (excludes halogenated alkanes) is 1. The summed E-state index contributed by atoms with van der Waals surface area (Å²) in [5, 5.41) is 17.4. The fourth-order valence-electron chi connectivity index (χ4n) is 4.16. The Morgan fingerprint density at radius 2 is 1.93 bits per heavy atom. The zero-order valence-corrected chi connectivity index (χ0v) is 25.5. The lowest BCUT2D eigenvalue weighted by molar-refractivity contribution is 0.0270. The zero-order valence-electron chi connectivity index (χ0n) is 25.5. The van der Waals surface area contributed by atoms with Gasteiger partial charge in [-0.3, -0.25) is 10.3 Å². The molecule has 0 bridgehead atoms. The van der Waals surface area contributed by atoms with Crippen molar-refractivity contribution >= 4 is 40.9 Å². The summed E-state index contributed by atoms with van der Waals surface area (Å²) in [5.41, 5.74) is 3.13. The van der Waals surface area contributed by atoms with Gasteiger partial charge in [-0.1, -0.05) is 19.4 Å². The minimum atomic E-state index is -0.705. The van der Waals surface area contributed by atoms with Crippen LogP contribution >= 0.6 is 0 Å². The van der Waals surface area contributed by atoms with Crippen LogP contribution in [0.5, 0.6) is 5.75 Å². The van der Waals surface area contributed by atoms with E-state index in [4.69, 9.17) is 14.9 Å². The molecule has 3 rings (SSSR count). The van der Waals surface area contributed by atoms with Crippen LogP contribution in [-0.2, 0) is 16.0 Å². The summed E-state index contributed by atoms with van der Waals surface area (Å²) in [4.78, 5) is 39.4. The highest BCUT2D eigenvalue weighted by atomic mass is 16.6. The first kappa shape index (κ1) is 32.1. The molecule has 0 aliphatic carbocycles. The molecule has 0 radical (unpaired) electrons. The largest absolute Gasteiger partial charge is 0.495 e. The van der Waals surface area contributed by atoms with Gasteiger partial charge in [0.15, 0.2) is 5.82 Å². The van der Waals surface area contributed by atoms with Crippen molar-refractivity contribution in [2.75, 3.05) is 49.8 Å². The Kier molecular flexibility index (Phi) is 11.1. The molecule has 228 valence electrons. The maximum absolute atomic E-state index is 12.4. The lowest BCUT2D eigenvalue weighted by atomic mass is 10.0. The molecule has 42 heavy (non-hydrogen) atoms. The maximum Gasteiger partial charge on any atom is 0.413 e. The second-order valence-electron chi connectivity index (χ2n) is 10.8. The summed E-state index contributed by atoms with van der Waals surface area (Å²) in [5.74, 6) is 1.07. The Balaban J connectivity index is 1.82. The third-order valence-corrected chi connectivity index (χ3v) is 6.30. The molecule has 0 atom stereocenters. The Morgan fingerprint density at radius 1 is 1.17 bits per heavy atom. The van der Waals surface area contributed by atoms with Gasteiger partial charge >= 0.3 is 12.2 Å². The Morgan fingerprint density at radius 3 is 2.52 bits per heavy atom. The number of carbonyl (C=O) groups is 2. The van der Waals surface area contributed by atoms with Crippen LogP contribution in [0.4, 0.5) is 27.0 Å². The van der Waals surface area contributed by atoms with E-state index in [1.165, 1.54) is 7.11 Å². The van der Waals surface area contributed by atoms with E-state index in [0.717, 1.165) is 24.0 Å². The lowest BCUT2D eigenvalue weighted by Crippen LogP contribution is -2.39. The highest BCUT2D eigenvalue weighted by molar-refractivity contribution is 6.02. The maximum atomic E-state index is 12.4. The SMILES string of the molecule is CCCCNc1nc(NC(=O)OC)nc(C(C)=N)c1NCc1ncc(C2=CCN(C(=O)OC(C)(C)C)CC2)cc1OC. The molecule has 13 nitrogen and oxygen atoms in total. The van der Waals surface area contributed by atoms with E-state index in [1.54, 1.807) is 25.1 Å². The molecule has 0 aromatic carbocycles. The highest BCUT2D eigenvalue weighted by Crippen LogP contribution is 2.30. The summed E-state index contributed by atoms with van der Waals surface area (Å²) in [6.07, 6.45) is 5.32. The van der Waals surface area contributed by atoms with Crippen LogP contribution in [0.2, 0.25) is 0 Å². The van der Waals surface area contributed by atoms with Crippen LogP contribution in [-0.4, -0.2) is 77.2 Å².